The van der Waals surface area contributed by atoms with Crippen LogP contribution in [0.3, 0.4) is 0 Å². The fourth-order valence-corrected chi connectivity index (χ4v) is 3.21. The molecule has 23 heavy (non-hydrogen) atoms. The number of pyridine rings is 1. The van der Waals surface area contributed by atoms with Crippen molar-refractivity contribution in [2.75, 3.05) is 0 Å². The van der Waals surface area contributed by atoms with Crippen LogP contribution in [0.4, 0.5) is 0 Å². The molecule has 0 saturated heterocycles. The molecule has 0 aliphatic rings. The van der Waals surface area contributed by atoms with Crippen LogP contribution in [0.1, 0.15) is 5.56 Å². The van der Waals surface area contributed by atoms with E-state index in [1.165, 1.54) is 0 Å². The van der Waals surface area contributed by atoms with Gasteiger partial charge in [-0.2, -0.15) is 0 Å². The third-order valence-corrected chi connectivity index (χ3v) is 4.36. The number of para-hydroxylation sites is 1. The van der Waals surface area contributed by atoms with Gasteiger partial charge in [0.2, 0.25) is 0 Å². The topological polar surface area (TPSA) is 22.0 Å². The van der Waals surface area contributed by atoms with Crippen LogP contribution in [-0.2, 0) is 6.54 Å². The standard InChI is InChI=1S/C20H14ClNO/c21-15-10-11-16-17-8-4-5-9-19(17)22(20(23)18(16)12-15)13-14-6-2-1-3-7-14/h1-12H,13H2. The van der Waals surface area contributed by atoms with Gasteiger partial charge in [0.1, 0.15) is 0 Å². The first kappa shape index (κ1) is 14.0. The third kappa shape index (κ3) is 2.41. The van der Waals surface area contributed by atoms with Crippen LogP contribution in [0.5, 0.6) is 0 Å². The predicted molar refractivity (Wildman–Crippen MR) is 96.3 cm³/mol. The van der Waals surface area contributed by atoms with Crippen LogP contribution in [0.2, 0.25) is 5.02 Å². The molecule has 0 amide bonds. The summed E-state index contributed by atoms with van der Waals surface area (Å²) in [5.41, 5.74) is 2.03. The zero-order valence-corrected chi connectivity index (χ0v) is 13.1. The lowest BCUT2D eigenvalue weighted by atomic mass is 10.1. The maximum Gasteiger partial charge on any atom is 0.259 e. The van der Waals surface area contributed by atoms with Crippen LogP contribution in [0.15, 0.2) is 77.6 Å². The minimum absolute atomic E-state index is 0.00921. The summed E-state index contributed by atoms with van der Waals surface area (Å²) in [5.74, 6) is 0. The second kappa shape index (κ2) is 5.56. The van der Waals surface area contributed by atoms with E-state index < -0.39 is 0 Å². The lowest BCUT2D eigenvalue weighted by Crippen LogP contribution is -2.21. The minimum atomic E-state index is -0.00921. The Morgan fingerprint density at radius 3 is 2.35 bits per heavy atom. The van der Waals surface area contributed by atoms with E-state index in [-0.39, 0.29) is 5.56 Å². The van der Waals surface area contributed by atoms with Gasteiger partial charge < -0.3 is 4.57 Å². The lowest BCUT2D eigenvalue weighted by Gasteiger charge is -2.13. The molecule has 0 aliphatic heterocycles. The lowest BCUT2D eigenvalue weighted by molar-refractivity contribution is 0.802. The van der Waals surface area contributed by atoms with Gasteiger partial charge in [-0.3, -0.25) is 4.79 Å². The van der Waals surface area contributed by atoms with E-state index in [0.29, 0.717) is 17.0 Å². The molecule has 1 heterocycles. The summed E-state index contributed by atoms with van der Waals surface area (Å²) >= 11 is 6.11. The summed E-state index contributed by atoms with van der Waals surface area (Å²) in [7, 11) is 0. The first-order chi connectivity index (χ1) is 11.2. The average Bonchev–Trinajstić information content (AvgIpc) is 2.59. The highest BCUT2D eigenvalue weighted by Crippen LogP contribution is 2.25. The smallest absolute Gasteiger partial charge is 0.259 e. The number of fused-ring (bicyclic) bond motifs is 3. The highest BCUT2D eigenvalue weighted by Gasteiger charge is 2.11. The van der Waals surface area contributed by atoms with Crippen molar-refractivity contribution in [3.05, 3.63) is 93.7 Å². The van der Waals surface area contributed by atoms with E-state index in [1.807, 2.05) is 71.3 Å². The second-order valence-corrected chi connectivity index (χ2v) is 6.02. The van der Waals surface area contributed by atoms with Crippen molar-refractivity contribution in [3.8, 4) is 0 Å². The highest BCUT2D eigenvalue weighted by atomic mass is 35.5. The molecule has 0 aliphatic carbocycles. The van der Waals surface area contributed by atoms with Crippen molar-refractivity contribution in [3.63, 3.8) is 0 Å². The van der Waals surface area contributed by atoms with Crippen molar-refractivity contribution in [2.45, 2.75) is 6.54 Å². The van der Waals surface area contributed by atoms with Crippen molar-refractivity contribution < 1.29 is 0 Å². The predicted octanol–water partition coefficient (Wildman–Crippen LogP) is 4.86. The van der Waals surface area contributed by atoms with Gasteiger partial charge in [0.15, 0.2) is 0 Å². The SMILES string of the molecule is O=c1c2cc(Cl)ccc2c2ccccc2n1Cc1ccccc1. The van der Waals surface area contributed by atoms with Gasteiger partial charge in [-0.05, 0) is 29.1 Å². The number of hydrogen-bond acceptors (Lipinski definition) is 1. The molecule has 0 N–H and O–H groups in total. The third-order valence-electron chi connectivity index (χ3n) is 4.13. The van der Waals surface area contributed by atoms with Gasteiger partial charge in [0, 0.05) is 15.8 Å². The second-order valence-electron chi connectivity index (χ2n) is 5.58. The van der Waals surface area contributed by atoms with Crippen LogP contribution in [0.25, 0.3) is 21.7 Å². The van der Waals surface area contributed by atoms with Crippen LogP contribution in [-0.4, -0.2) is 4.57 Å². The van der Waals surface area contributed by atoms with Crippen LogP contribution in [0, 0.1) is 0 Å². The number of halogens is 1. The van der Waals surface area contributed by atoms with Crippen molar-refractivity contribution >= 4 is 33.3 Å². The summed E-state index contributed by atoms with van der Waals surface area (Å²) in [4.78, 5) is 13.0. The summed E-state index contributed by atoms with van der Waals surface area (Å²) in [6, 6.07) is 23.5. The summed E-state index contributed by atoms with van der Waals surface area (Å²) in [6.45, 7) is 0.544. The normalized spacial score (nSPS) is 11.2. The molecular weight excluding hydrogens is 306 g/mol. The Bertz CT molecular complexity index is 1070. The molecule has 3 heteroatoms. The number of benzene rings is 3. The van der Waals surface area contributed by atoms with Gasteiger partial charge in [-0.15, -0.1) is 0 Å². The molecule has 0 atom stereocenters. The molecule has 0 saturated carbocycles. The largest absolute Gasteiger partial charge is 0.303 e. The fourth-order valence-electron chi connectivity index (χ4n) is 3.04. The number of nitrogens with zero attached hydrogens (tertiary/aromatic N) is 1. The van der Waals surface area contributed by atoms with E-state index in [9.17, 15) is 4.79 Å². The quantitative estimate of drug-likeness (QED) is 0.484. The van der Waals surface area contributed by atoms with Crippen molar-refractivity contribution in [1.29, 1.82) is 0 Å². The maximum absolute atomic E-state index is 13.0. The Morgan fingerprint density at radius 1 is 0.783 bits per heavy atom. The first-order valence-corrected chi connectivity index (χ1v) is 7.86. The minimum Gasteiger partial charge on any atom is -0.303 e. The number of aromatic nitrogens is 1. The molecular formula is C20H14ClNO. The van der Waals surface area contributed by atoms with Gasteiger partial charge in [0.25, 0.3) is 5.56 Å². The number of rotatable bonds is 2. The summed E-state index contributed by atoms with van der Waals surface area (Å²) in [6.07, 6.45) is 0. The zero-order chi connectivity index (χ0) is 15.8. The Labute approximate surface area is 138 Å². The monoisotopic (exact) mass is 319 g/mol. The average molecular weight is 320 g/mol. The molecule has 0 fully saturated rings. The highest BCUT2D eigenvalue weighted by molar-refractivity contribution is 6.31. The van der Waals surface area contributed by atoms with Crippen molar-refractivity contribution in [1.82, 2.24) is 4.57 Å². The molecule has 3 aromatic carbocycles. The molecule has 0 radical (unpaired) electrons. The molecule has 4 aromatic rings. The van der Waals surface area contributed by atoms with E-state index in [0.717, 1.165) is 21.9 Å². The fraction of sp³-hybridized carbons (Fsp3) is 0.0500. The van der Waals surface area contributed by atoms with E-state index in [1.54, 1.807) is 6.07 Å². The van der Waals surface area contributed by atoms with Gasteiger partial charge in [-0.25, -0.2) is 0 Å². The molecule has 4 rings (SSSR count). The summed E-state index contributed by atoms with van der Waals surface area (Å²) in [5, 5.41) is 3.25. The van der Waals surface area contributed by atoms with Gasteiger partial charge in [-0.1, -0.05) is 66.2 Å². The summed E-state index contributed by atoms with van der Waals surface area (Å²) < 4.78 is 1.82. The molecule has 0 spiro atoms. The molecule has 0 unspecified atom stereocenters. The van der Waals surface area contributed by atoms with Crippen LogP contribution >= 0.6 is 11.6 Å². The Morgan fingerprint density at radius 2 is 1.52 bits per heavy atom. The first-order valence-electron chi connectivity index (χ1n) is 7.49. The number of hydrogen-bond donors (Lipinski definition) is 0. The Kier molecular flexibility index (Phi) is 3.40. The van der Waals surface area contributed by atoms with E-state index >= 15 is 0 Å². The van der Waals surface area contributed by atoms with E-state index in [2.05, 4.69) is 0 Å². The zero-order valence-electron chi connectivity index (χ0n) is 12.4. The molecule has 2 nitrogen and oxygen atoms in total. The molecule has 112 valence electrons. The Hall–Kier alpha value is -2.58. The molecule has 0 bridgehead atoms. The molecule has 1 aromatic heterocycles. The maximum atomic E-state index is 13.0. The van der Waals surface area contributed by atoms with Gasteiger partial charge >= 0.3 is 0 Å². The van der Waals surface area contributed by atoms with Crippen molar-refractivity contribution in [2.24, 2.45) is 0 Å². The van der Waals surface area contributed by atoms with Gasteiger partial charge in [0.05, 0.1) is 12.1 Å². The Balaban J connectivity index is 2.08. The van der Waals surface area contributed by atoms with Crippen LogP contribution < -0.4 is 5.56 Å². The van der Waals surface area contributed by atoms with E-state index in [4.69, 9.17) is 11.6 Å².